The number of H-pyrrole nitrogens is 1. The molecule has 0 spiro atoms. The topological polar surface area (TPSA) is 61.0 Å². The van der Waals surface area contributed by atoms with E-state index in [0.717, 1.165) is 70.9 Å². The van der Waals surface area contributed by atoms with E-state index in [1.165, 1.54) is 22.2 Å². The van der Waals surface area contributed by atoms with E-state index in [0.29, 0.717) is 0 Å². The van der Waals surface area contributed by atoms with Gasteiger partial charge in [0.1, 0.15) is 11.4 Å². The zero-order valence-corrected chi connectivity index (χ0v) is 19.4. The van der Waals surface area contributed by atoms with Crippen LogP contribution in [-0.2, 0) is 17.7 Å². The van der Waals surface area contributed by atoms with Crippen molar-refractivity contribution in [3.8, 4) is 5.75 Å². The van der Waals surface area contributed by atoms with E-state index in [1.807, 2.05) is 31.7 Å². The van der Waals surface area contributed by atoms with Crippen LogP contribution in [0.5, 0.6) is 5.75 Å². The Morgan fingerprint density at radius 3 is 2.52 bits per heavy atom. The van der Waals surface area contributed by atoms with Gasteiger partial charge in [0.05, 0.1) is 7.11 Å². The molecule has 31 heavy (non-hydrogen) atoms. The molecular formula is C24H36N4O3. The standard InChI is InChI=1S/C24H36N4O3/c1-24(2,3)31-23(29)28-14-12-26(13-15-28)9-5-10-27-11-8-22-20(17-27)19-16-18(30-4)6-7-21(19)25-22/h6-7,16,25H,5,8-15,17H2,1-4H3. The van der Waals surface area contributed by atoms with Gasteiger partial charge >= 0.3 is 6.09 Å². The lowest BCUT2D eigenvalue weighted by atomic mass is 10.0. The van der Waals surface area contributed by atoms with Crippen LogP contribution in [0.3, 0.4) is 0 Å². The summed E-state index contributed by atoms with van der Waals surface area (Å²) in [6.45, 7) is 13.4. The van der Waals surface area contributed by atoms with E-state index in [9.17, 15) is 4.79 Å². The van der Waals surface area contributed by atoms with Crippen LogP contribution in [0.15, 0.2) is 18.2 Å². The Hall–Kier alpha value is -2.25. The summed E-state index contributed by atoms with van der Waals surface area (Å²) in [4.78, 5) is 22.7. The number of carbonyl (C=O) groups excluding carboxylic acids is 1. The SMILES string of the molecule is COc1ccc2[nH]c3c(c2c1)CN(CCCN1CCN(C(=O)OC(C)(C)C)CC1)CC3. The quantitative estimate of drug-likeness (QED) is 0.790. The first-order valence-corrected chi connectivity index (χ1v) is 11.4. The van der Waals surface area contributed by atoms with Crippen molar-refractivity contribution in [1.29, 1.82) is 0 Å². The van der Waals surface area contributed by atoms with Crippen LogP contribution in [0, 0.1) is 0 Å². The number of rotatable bonds is 5. The Bertz CT molecular complexity index is 909. The van der Waals surface area contributed by atoms with Crippen molar-refractivity contribution >= 4 is 17.0 Å². The maximum absolute atomic E-state index is 12.2. The second kappa shape index (κ2) is 9.09. The fourth-order valence-electron chi connectivity index (χ4n) is 4.57. The minimum absolute atomic E-state index is 0.188. The molecule has 1 aromatic heterocycles. The van der Waals surface area contributed by atoms with Crippen molar-refractivity contribution in [3.63, 3.8) is 0 Å². The number of ether oxygens (including phenoxy) is 2. The minimum atomic E-state index is -0.432. The van der Waals surface area contributed by atoms with Gasteiger partial charge in [0.25, 0.3) is 0 Å². The molecule has 0 unspecified atom stereocenters. The third kappa shape index (κ3) is 5.33. The van der Waals surface area contributed by atoms with E-state index >= 15 is 0 Å². The summed E-state index contributed by atoms with van der Waals surface area (Å²) in [7, 11) is 1.72. The predicted octanol–water partition coefficient (Wildman–Crippen LogP) is 3.48. The summed E-state index contributed by atoms with van der Waals surface area (Å²) >= 11 is 0. The highest BCUT2D eigenvalue weighted by Gasteiger charge is 2.26. The molecule has 0 radical (unpaired) electrons. The molecule has 0 aliphatic carbocycles. The molecule has 1 fully saturated rings. The Labute approximate surface area is 185 Å². The van der Waals surface area contributed by atoms with Crippen molar-refractivity contribution in [2.24, 2.45) is 0 Å². The number of carbonyl (C=O) groups is 1. The maximum atomic E-state index is 12.2. The highest BCUT2D eigenvalue weighted by Crippen LogP contribution is 2.30. The molecule has 1 N–H and O–H groups in total. The van der Waals surface area contributed by atoms with E-state index in [4.69, 9.17) is 9.47 Å². The normalized spacial score (nSPS) is 18.3. The van der Waals surface area contributed by atoms with Crippen molar-refractivity contribution in [3.05, 3.63) is 29.5 Å². The fourth-order valence-corrected chi connectivity index (χ4v) is 4.57. The third-order valence-electron chi connectivity index (χ3n) is 6.23. The second-order valence-corrected chi connectivity index (χ2v) is 9.68. The number of hydrogen-bond donors (Lipinski definition) is 1. The number of nitrogens with zero attached hydrogens (tertiary/aromatic N) is 3. The summed E-state index contributed by atoms with van der Waals surface area (Å²) in [5.41, 5.74) is 3.57. The summed E-state index contributed by atoms with van der Waals surface area (Å²) in [5.74, 6) is 0.914. The van der Waals surface area contributed by atoms with Gasteiger partial charge in [-0.1, -0.05) is 0 Å². The number of benzene rings is 1. The lowest BCUT2D eigenvalue weighted by Gasteiger charge is -2.36. The third-order valence-corrected chi connectivity index (χ3v) is 6.23. The molecule has 4 rings (SSSR count). The van der Waals surface area contributed by atoms with Crippen LogP contribution in [0.25, 0.3) is 10.9 Å². The van der Waals surface area contributed by atoms with Crippen molar-refractivity contribution in [2.75, 3.05) is 52.9 Å². The molecule has 7 heteroatoms. The van der Waals surface area contributed by atoms with Gasteiger partial charge < -0.3 is 19.4 Å². The van der Waals surface area contributed by atoms with Gasteiger partial charge in [0.2, 0.25) is 0 Å². The van der Waals surface area contributed by atoms with Gasteiger partial charge in [-0.25, -0.2) is 4.79 Å². The number of hydrogen-bond acceptors (Lipinski definition) is 5. The Balaban J connectivity index is 1.23. The average molecular weight is 429 g/mol. The monoisotopic (exact) mass is 428 g/mol. The Morgan fingerprint density at radius 1 is 1.06 bits per heavy atom. The molecule has 3 heterocycles. The van der Waals surface area contributed by atoms with Crippen molar-refractivity contribution in [1.82, 2.24) is 19.7 Å². The number of piperazine rings is 1. The van der Waals surface area contributed by atoms with Gasteiger partial charge in [-0.3, -0.25) is 9.80 Å². The highest BCUT2D eigenvalue weighted by atomic mass is 16.6. The first-order valence-electron chi connectivity index (χ1n) is 11.4. The van der Waals surface area contributed by atoms with Crippen molar-refractivity contribution in [2.45, 2.75) is 45.8 Å². The van der Waals surface area contributed by atoms with Crippen LogP contribution in [0.2, 0.25) is 0 Å². The zero-order chi connectivity index (χ0) is 22.0. The molecule has 1 amide bonds. The lowest BCUT2D eigenvalue weighted by Crippen LogP contribution is -2.50. The summed E-state index contributed by atoms with van der Waals surface area (Å²) in [6.07, 6.45) is 2.03. The van der Waals surface area contributed by atoms with E-state index in [-0.39, 0.29) is 6.09 Å². The molecule has 7 nitrogen and oxygen atoms in total. The largest absolute Gasteiger partial charge is 0.497 e. The number of aromatic amines is 1. The first kappa shape index (κ1) is 22.0. The minimum Gasteiger partial charge on any atom is -0.497 e. The van der Waals surface area contributed by atoms with Gasteiger partial charge in [-0.05, 0) is 64.0 Å². The number of methoxy groups -OCH3 is 1. The molecule has 0 bridgehead atoms. The molecule has 2 aliphatic heterocycles. The van der Waals surface area contributed by atoms with Crippen molar-refractivity contribution < 1.29 is 14.3 Å². The van der Waals surface area contributed by atoms with Gasteiger partial charge in [-0.2, -0.15) is 0 Å². The van der Waals surface area contributed by atoms with Crippen LogP contribution in [0.4, 0.5) is 4.79 Å². The van der Waals surface area contributed by atoms with Crippen LogP contribution in [0.1, 0.15) is 38.4 Å². The predicted molar refractivity (Wildman–Crippen MR) is 123 cm³/mol. The molecule has 170 valence electrons. The van der Waals surface area contributed by atoms with Crippen LogP contribution >= 0.6 is 0 Å². The van der Waals surface area contributed by atoms with Gasteiger partial charge in [0.15, 0.2) is 0 Å². The first-order chi connectivity index (χ1) is 14.8. The van der Waals surface area contributed by atoms with Gasteiger partial charge in [0, 0.05) is 62.3 Å². The smallest absolute Gasteiger partial charge is 0.410 e. The molecule has 2 aromatic rings. The lowest BCUT2D eigenvalue weighted by molar-refractivity contribution is 0.0142. The fraction of sp³-hybridized carbons (Fsp3) is 0.625. The number of fused-ring (bicyclic) bond motifs is 3. The van der Waals surface area contributed by atoms with E-state index in [2.05, 4.69) is 26.9 Å². The van der Waals surface area contributed by atoms with E-state index < -0.39 is 5.60 Å². The van der Waals surface area contributed by atoms with E-state index in [1.54, 1.807) is 7.11 Å². The van der Waals surface area contributed by atoms with Gasteiger partial charge in [-0.15, -0.1) is 0 Å². The average Bonchev–Trinajstić information content (AvgIpc) is 3.10. The van der Waals surface area contributed by atoms with Crippen LogP contribution in [-0.4, -0.2) is 84.3 Å². The molecule has 1 saturated heterocycles. The molecular weight excluding hydrogens is 392 g/mol. The van der Waals surface area contributed by atoms with Crippen LogP contribution < -0.4 is 4.74 Å². The Morgan fingerprint density at radius 2 is 1.81 bits per heavy atom. The molecule has 0 atom stereocenters. The second-order valence-electron chi connectivity index (χ2n) is 9.68. The Kier molecular flexibility index (Phi) is 6.44. The molecule has 2 aliphatic rings. The zero-order valence-electron chi connectivity index (χ0n) is 19.4. The highest BCUT2D eigenvalue weighted by molar-refractivity contribution is 5.86. The number of aromatic nitrogens is 1. The summed E-state index contributed by atoms with van der Waals surface area (Å²) < 4.78 is 10.9. The number of amides is 1. The molecule has 1 aromatic carbocycles. The maximum Gasteiger partial charge on any atom is 0.410 e. The summed E-state index contributed by atoms with van der Waals surface area (Å²) in [6, 6.07) is 6.29. The summed E-state index contributed by atoms with van der Waals surface area (Å²) in [5, 5.41) is 1.29. The number of nitrogens with one attached hydrogen (secondary N) is 1. The molecule has 0 saturated carbocycles.